The van der Waals surface area contributed by atoms with Crippen molar-refractivity contribution in [1.82, 2.24) is 9.97 Å². The molecule has 1 N–H and O–H groups in total. The van der Waals surface area contributed by atoms with Crippen molar-refractivity contribution in [3.05, 3.63) is 47.9 Å². The summed E-state index contributed by atoms with van der Waals surface area (Å²) in [7, 11) is 0. The van der Waals surface area contributed by atoms with Gasteiger partial charge in [-0.25, -0.2) is 0 Å². The molecule has 0 unspecified atom stereocenters. The molecule has 2 aliphatic heterocycles. The molecule has 138 valence electrons. The molecular weight excluding hydrogens is 338 g/mol. The first-order chi connectivity index (χ1) is 13.2. The minimum Gasteiger partial charge on any atom is -0.381 e. The van der Waals surface area contributed by atoms with Gasteiger partial charge in [-0.3, -0.25) is 9.78 Å². The van der Waals surface area contributed by atoms with Crippen molar-refractivity contribution in [1.29, 1.82) is 0 Å². The van der Waals surface area contributed by atoms with E-state index in [1.807, 2.05) is 17.3 Å². The van der Waals surface area contributed by atoms with Crippen LogP contribution in [0.25, 0.3) is 22.0 Å². The predicted octanol–water partition coefficient (Wildman–Crippen LogP) is 3.85. The molecular formula is C22H23N3O2. The van der Waals surface area contributed by atoms with Crippen molar-refractivity contribution in [3.63, 3.8) is 0 Å². The summed E-state index contributed by atoms with van der Waals surface area (Å²) in [6.07, 6.45) is 6.34. The van der Waals surface area contributed by atoms with Gasteiger partial charge in [-0.1, -0.05) is 6.07 Å². The second-order valence-electron chi connectivity index (χ2n) is 7.61. The zero-order valence-corrected chi connectivity index (χ0v) is 15.5. The average molecular weight is 361 g/mol. The summed E-state index contributed by atoms with van der Waals surface area (Å²) in [6.45, 7) is 4.49. The highest BCUT2D eigenvalue weighted by atomic mass is 16.5. The number of aromatic amines is 1. The van der Waals surface area contributed by atoms with Gasteiger partial charge in [0.1, 0.15) is 0 Å². The first-order valence-corrected chi connectivity index (χ1v) is 9.65. The summed E-state index contributed by atoms with van der Waals surface area (Å²) >= 11 is 0. The van der Waals surface area contributed by atoms with Gasteiger partial charge in [-0.05, 0) is 60.4 Å². The first-order valence-electron chi connectivity index (χ1n) is 9.65. The van der Waals surface area contributed by atoms with Crippen LogP contribution in [0.2, 0.25) is 0 Å². The SMILES string of the molecule is Cc1c(-c2ccc3[nH]ccc3c2)cnc2c1N(CC1CCOCC1)C(=O)C2. The van der Waals surface area contributed by atoms with Crippen LogP contribution in [-0.2, 0) is 16.0 Å². The van der Waals surface area contributed by atoms with Gasteiger partial charge in [-0.15, -0.1) is 0 Å². The normalized spacial score (nSPS) is 17.7. The van der Waals surface area contributed by atoms with E-state index in [-0.39, 0.29) is 5.91 Å². The van der Waals surface area contributed by atoms with Gasteiger partial charge in [0.2, 0.25) is 5.91 Å². The molecule has 0 spiro atoms. The molecule has 4 heterocycles. The Kier molecular flexibility index (Phi) is 3.97. The Balaban J connectivity index is 1.53. The van der Waals surface area contributed by atoms with E-state index in [4.69, 9.17) is 4.74 Å². The van der Waals surface area contributed by atoms with Crippen LogP contribution in [-0.4, -0.2) is 35.6 Å². The van der Waals surface area contributed by atoms with Crippen LogP contribution < -0.4 is 4.90 Å². The molecule has 0 radical (unpaired) electrons. The molecule has 1 aromatic carbocycles. The molecule has 3 aromatic rings. The van der Waals surface area contributed by atoms with Crippen LogP contribution in [0.5, 0.6) is 0 Å². The first kappa shape index (κ1) is 16.5. The van der Waals surface area contributed by atoms with Crippen LogP contribution in [0.3, 0.4) is 0 Å². The van der Waals surface area contributed by atoms with Crippen LogP contribution in [0.4, 0.5) is 5.69 Å². The number of carbonyl (C=O) groups is 1. The third-order valence-corrected chi connectivity index (χ3v) is 5.92. The number of amides is 1. The molecule has 1 saturated heterocycles. The van der Waals surface area contributed by atoms with Gasteiger partial charge in [0, 0.05) is 43.2 Å². The van der Waals surface area contributed by atoms with Crippen molar-refractivity contribution in [2.75, 3.05) is 24.7 Å². The number of benzene rings is 1. The highest BCUT2D eigenvalue weighted by Crippen LogP contribution is 2.38. The Bertz CT molecular complexity index is 1020. The van der Waals surface area contributed by atoms with E-state index in [0.29, 0.717) is 12.3 Å². The fourth-order valence-electron chi connectivity index (χ4n) is 4.39. The lowest BCUT2D eigenvalue weighted by atomic mass is 9.97. The number of ether oxygens (including phenoxy) is 1. The largest absolute Gasteiger partial charge is 0.381 e. The maximum Gasteiger partial charge on any atom is 0.233 e. The van der Waals surface area contributed by atoms with E-state index in [1.54, 1.807) is 0 Å². The van der Waals surface area contributed by atoms with E-state index < -0.39 is 0 Å². The smallest absolute Gasteiger partial charge is 0.233 e. The van der Waals surface area contributed by atoms with Gasteiger partial charge in [0.05, 0.1) is 17.8 Å². The molecule has 0 saturated carbocycles. The summed E-state index contributed by atoms with van der Waals surface area (Å²) < 4.78 is 5.47. The molecule has 0 aliphatic carbocycles. The number of fused-ring (bicyclic) bond motifs is 2. The van der Waals surface area contributed by atoms with Crippen LogP contribution in [0.15, 0.2) is 36.7 Å². The molecule has 2 aliphatic rings. The summed E-state index contributed by atoms with van der Waals surface area (Å²) in [5.74, 6) is 0.679. The molecule has 5 rings (SSSR count). The summed E-state index contributed by atoms with van der Waals surface area (Å²) in [6, 6.07) is 8.48. The summed E-state index contributed by atoms with van der Waals surface area (Å²) in [5.41, 5.74) is 6.45. The van der Waals surface area contributed by atoms with Crippen LogP contribution in [0.1, 0.15) is 24.1 Å². The fraction of sp³-hybridized carbons (Fsp3) is 0.364. The van der Waals surface area contributed by atoms with Crippen molar-refractivity contribution in [2.45, 2.75) is 26.2 Å². The maximum atomic E-state index is 12.7. The average Bonchev–Trinajstić information content (AvgIpc) is 3.27. The number of H-pyrrole nitrogens is 1. The van der Waals surface area contributed by atoms with Gasteiger partial charge in [0.25, 0.3) is 0 Å². The second-order valence-corrected chi connectivity index (χ2v) is 7.61. The van der Waals surface area contributed by atoms with E-state index in [9.17, 15) is 4.79 Å². The van der Waals surface area contributed by atoms with E-state index >= 15 is 0 Å². The maximum absolute atomic E-state index is 12.7. The molecule has 0 bridgehead atoms. The lowest BCUT2D eigenvalue weighted by Crippen LogP contribution is -2.35. The summed E-state index contributed by atoms with van der Waals surface area (Å²) in [5, 5.41) is 1.18. The number of hydrogen-bond donors (Lipinski definition) is 1. The van der Waals surface area contributed by atoms with Crippen LogP contribution in [0, 0.1) is 12.8 Å². The topological polar surface area (TPSA) is 58.2 Å². The standard InChI is InChI=1S/C22H23N3O2/c1-14-18(16-2-3-19-17(10-16)4-7-23-19)12-24-20-11-21(26)25(22(14)20)13-15-5-8-27-9-6-15/h2-4,7,10,12,15,23H,5-6,8-9,11,13H2,1H3. The minimum atomic E-state index is 0.172. The Labute approximate surface area is 158 Å². The third kappa shape index (κ3) is 2.82. The van der Waals surface area contributed by atoms with E-state index in [0.717, 1.165) is 66.2 Å². The lowest BCUT2D eigenvalue weighted by Gasteiger charge is -2.28. The number of carbonyl (C=O) groups excluding carboxylic acids is 1. The van der Waals surface area contributed by atoms with Gasteiger partial charge >= 0.3 is 0 Å². The molecule has 2 aromatic heterocycles. The van der Waals surface area contributed by atoms with E-state index in [1.165, 1.54) is 5.39 Å². The fourth-order valence-corrected chi connectivity index (χ4v) is 4.39. The van der Waals surface area contributed by atoms with Gasteiger partial charge < -0.3 is 14.6 Å². The zero-order chi connectivity index (χ0) is 18.4. The number of pyridine rings is 1. The highest BCUT2D eigenvalue weighted by molar-refractivity contribution is 6.03. The Morgan fingerprint density at radius 2 is 2.11 bits per heavy atom. The third-order valence-electron chi connectivity index (χ3n) is 5.92. The Morgan fingerprint density at radius 1 is 1.26 bits per heavy atom. The molecule has 5 nitrogen and oxygen atoms in total. The molecule has 1 amide bonds. The predicted molar refractivity (Wildman–Crippen MR) is 106 cm³/mol. The quantitative estimate of drug-likeness (QED) is 0.771. The Hall–Kier alpha value is -2.66. The number of aromatic nitrogens is 2. The molecule has 0 atom stereocenters. The molecule has 5 heteroatoms. The number of nitrogens with zero attached hydrogens (tertiary/aromatic N) is 2. The highest BCUT2D eigenvalue weighted by Gasteiger charge is 2.33. The Morgan fingerprint density at radius 3 is 2.96 bits per heavy atom. The van der Waals surface area contributed by atoms with Crippen molar-refractivity contribution < 1.29 is 9.53 Å². The zero-order valence-electron chi connectivity index (χ0n) is 15.5. The van der Waals surface area contributed by atoms with Gasteiger partial charge in [-0.2, -0.15) is 0 Å². The summed E-state index contributed by atoms with van der Waals surface area (Å²) in [4.78, 5) is 22.6. The number of nitrogens with one attached hydrogen (secondary N) is 1. The van der Waals surface area contributed by atoms with Gasteiger partial charge in [0.15, 0.2) is 0 Å². The minimum absolute atomic E-state index is 0.172. The number of rotatable bonds is 3. The number of anilines is 1. The second kappa shape index (κ2) is 6.50. The van der Waals surface area contributed by atoms with Crippen molar-refractivity contribution in [2.24, 2.45) is 5.92 Å². The molecule has 27 heavy (non-hydrogen) atoms. The van der Waals surface area contributed by atoms with Crippen molar-refractivity contribution in [3.8, 4) is 11.1 Å². The van der Waals surface area contributed by atoms with E-state index in [2.05, 4.69) is 41.2 Å². The monoisotopic (exact) mass is 361 g/mol. The van der Waals surface area contributed by atoms with Crippen LogP contribution >= 0.6 is 0 Å². The number of hydrogen-bond acceptors (Lipinski definition) is 3. The molecule has 1 fully saturated rings. The van der Waals surface area contributed by atoms with Crippen molar-refractivity contribution >= 4 is 22.5 Å². The lowest BCUT2D eigenvalue weighted by molar-refractivity contribution is -0.117.